The lowest BCUT2D eigenvalue weighted by atomic mass is 9.68. The van der Waals surface area contributed by atoms with E-state index in [9.17, 15) is 15.0 Å². The van der Waals surface area contributed by atoms with E-state index >= 15 is 0 Å². The summed E-state index contributed by atoms with van der Waals surface area (Å²) in [6.45, 7) is 6.00. The third-order valence-electron chi connectivity index (χ3n) is 6.44. The second-order valence-corrected chi connectivity index (χ2v) is 7.93. The molecule has 0 saturated heterocycles. The third kappa shape index (κ3) is 2.36. The van der Waals surface area contributed by atoms with Crippen LogP contribution in [0.2, 0.25) is 0 Å². The van der Waals surface area contributed by atoms with E-state index in [0.29, 0.717) is 23.2 Å². The first-order chi connectivity index (χ1) is 14.1. The van der Waals surface area contributed by atoms with Crippen LogP contribution < -0.4 is 4.74 Å². The van der Waals surface area contributed by atoms with Gasteiger partial charge in [-0.2, -0.15) is 0 Å². The highest BCUT2D eigenvalue weighted by Crippen LogP contribution is 2.64. The average Bonchev–Trinajstić information content (AvgIpc) is 3.42. The zero-order valence-corrected chi connectivity index (χ0v) is 15.9. The van der Waals surface area contributed by atoms with Gasteiger partial charge in [0.2, 0.25) is 0 Å². The molecule has 2 heterocycles. The lowest BCUT2D eigenvalue weighted by Crippen LogP contribution is -2.49. The van der Waals surface area contributed by atoms with Gasteiger partial charge in [0.1, 0.15) is 23.4 Å². The topological polar surface area (TPSA) is 76.0 Å². The Morgan fingerprint density at radius 1 is 1.17 bits per heavy atom. The molecule has 1 spiro atoms. The normalized spacial score (nSPS) is 35.0. The summed E-state index contributed by atoms with van der Waals surface area (Å²) in [5.74, 6) is 0.982. The van der Waals surface area contributed by atoms with Gasteiger partial charge in [-0.3, -0.25) is 0 Å². The smallest absolute Gasteiger partial charge is 0.339 e. The molecule has 1 fully saturated rings. The van der Waals surface area contributed by atoms with E-state index in [-0.39, 0.29) is 23.4 Å². The summed E-state index contributed by atoms with van der Waals surface area (Å²) in [7, 11) is 0. The number of phenols is 1. The first kappa shape index (κ1) is 17.9. The Balaban J connectivity index is 0.000000882. The number of esters is 1. The number of benzene rings is 1. The van der Waals surface area contributed by atoms with Gasteiger partial charge in [0.25, 0.3) is 0 Å². The maximum Gasteiger partial charge on any atom is 0.339 e. The Hall–Kier alpha value is -3.21. The number of aliphatic hydroxyl groups excluding tert-OH is 1. The van der Waals surface area contributed by atoms with E-state index in [1.54, 1.807) is 30.4 Å². The fourth-order valence-electron chi connectivity index (χ4n) is 5.22. The first-order valence-corrected chi connectivity index (χ1v) is 9.81. The third-order valence-corrected chi connectivity index (χ3v) is 6.44. The van der Waals surface area contributed by atoms with Crippen LogP contribution in [0, 0.1) is 17.8 Å². The highest BCUT2D eigenvalue weighted by Gasteiger charge is 2.63. The van der Waals surface area contributed by atoms with Crippen LogP contribution in [-0.2, 0) is 15.1 Å². The monoisotopic (exact) mass is 390 g/mol. The molecule has 2 aliphatic heterocycles. The number of aliphatic hydroxyl groups is 1. The van der Waals surface area contributed by atoms with Crippen molar-refractivity contribution in [2.24, 2.45) is 17.8 Å². The summed E-state index contributed by atoms with van der Waals surface area (Å²) in [4.78, 5) is 12.9. The standard InChI is InChI=1S/C22H18O5.C2H4/c23-12-4-6-16-18(9-12)26-19-10-13(24)5-7-17(19)22(16)20-14(21(25)27-22)3-1-2-11-8-15(11)20;1-2/h1,3-7,9-11,15-16,18,23-24H,2,8H2;1-2H2. The van der Waals surface area contributed by atoms with Crippen molar-refractivity contribution in [1.29, 1.82) is 0 Å². The van der Waals surface area contributed by atoms with Crippen molar-refractivity contribution < 1.29 is 24.5 Å². The molecule has 6 rings (SSSR count). The maximum absolute atomic E-state index is 12.9. The van der Waals surface area contributed by atoms with Crippen molar-refractivity contribution in [3.63, 3.8) is 0 Å². The first-order valence-electron chi connectivity index (χ1n) is 9.81. The van der Waals surface area contributed by atoms with Crippen LogP contribution in [0.25, 0.3) is 0 Å². The highest BCUT2D eigenvalue weighted by atomic mass is 16.6. The van der Waals surface area contributed by atoms with Gasteiger partial charge in [-0.25, -0.2) is 4.79 Å². The van der Waals surface area contributed by atoms with Crippen molar-refractivity contribution in [3.8, 4) is 11.5 Å². The summed E-state index contributed by atoms with van der Waals surface area (Å²) in [6.07, 6.45) is 10.7. The number of carbonyl (C=O) groups excluding carboxylic acids is 1. The number of rotatable bonds is 0. The molecular formula is C24H22O5. The number of fused-ring (bicyclic) bond motifs is 7. The molecular weight excluding hydrogens is 368 g/mol. The number of hydrogen-bond acceptors (Lipinski definition) is 5. The summed E-state index contributed by atoms with van der Waals surface area (Å²) in [5.41, 5.74) is 1.50. The summed E-state index contributed by atoms with van der Waals surface area (Å²) in [6, 6.07) is 4.95. The molecule has 0 amide bonds. The van der Waals surface area contributed by atoms with Gasteiger partial charge >= 0.3 is 5.97 Å². The van der Waals surface area contributed by atoms with Crippen LogP contribution in [0.3, 0.4) is 0 Å². The fourth-order valence-corrected chi connectivity index (χ4v) is 5.22. The average molecular weight is 390 g/mol. The zero-order valence-electron chi connectivity index (χ0n) is 15.9. The van der Waals surface area contributed by atoms with Crippen molar-refractivity contribution >= 4 is 5.97 Å². The predicted molar refractivity (Wildman–Crippen MR) is 107 cm³/mol. The molecule has 148 valence electrons. The highest BCUT2D eigenvalue weighted by molar-refractivity contribution is 5.97. The Morgan fingerprint density at radius 3 is 2.83 bits per heavy atom. The SMILES string of the molecule is C=C.O=C1OC2(C3=C1C=CCC1CC31)c1ccc(O)cc1OC1C=C(O)C=CC12. The van der Waals surface area contributed by atoms with Gasteiger partial charge in [-0.15, -0.1) is 13.2 Å². The van der Waals surface area contributed by atoms with Crippen molar-refractivity contribution in [3.05, 3.63) is 84.2 Å². The largest absolute Gasteiger partial charge is 0.508 e. The van der Waals surface area contributed by atoms with Crippen LogP contribution in [0.1, 0.15) is 18.4 Å². The number of hydrogen-bond donors (Lipinski definition) is 2. The minimum absolute atomic E-state index is 0.0884. The van der Waals surface area contributed by atoms with Crippen LogP contribution >= 0.6 is 0 Å². The molecule has 5 aliphatic rings. The fraction of sp³-hybridized carbons (Fsp3) is 0.292. The summed E-state index contributed by atoms with van der Waals surface area (Å²) >= 11 is 0. The molecule has 5 heteroatoms. The van der Waals surface area contributed by atoms with Crippen molar-refractivity contribution in [2.75, 3.05) is 0 Å². The van der Waals surface area contributed by atoms with Gasteiger partial charge in [0.05, 0.1) is 11.5 Å². The Morgan fingerprint density at radius 2 is 2.00 bits per heavy atom. The Kier molecular flexibility index (Phi) is 3.78. The molecule has 1 aromatic carbocycles. The lowest BCUT2D eigenvalue weighted by molar-refractivity contribution is -0.155. The van der Waals surface area contributed by atoms with E-state index < -0.39 is 11.7 Å². The molecule has 5 unspecified atom stereocenters. The maximum atomic E-state index is 12.9. The van der Waals surface area contributed by atoms with Crippen LogP contribution in [0.15, 0.2) is 78.6 Å². The summed E-state index contributed by atoms with van der Waals surface area (Å²) in [5, 5.41) is 20.0. The molecule has 2 N–H and O–H groups in total. The van der Waals surface area contributed by atoms with E-state index in [2.05, 4.69) is 19.2 Å². The molecule has 3 aliphatic carbocycles. The van der Waals surface area contributed by atoms with E-state index in [1.807, 2.05) is 12.2 Å². The molecule has 29 heavy (non-hydrogen) atoms. The van der Waals surface area contributed by atoms with Crippen molar-refractivity contribution in [2.45, 2.75) is 24.5 Å². The van der Waals surface area contributed by atoms with Crippen molar-refractivity contribution in [1.82, 2.24) is 0 Å². The van der Waals surface area contributed by atoms with Gasteiger partial charge < -0.3 is 19.7 Å². The molecule has 5 atom stereocenters. The van der Waals surface area contributed by atoms with Gasteiger partial charge in [-0.05, 0) is 54.5 Å². The Bertz CT molecular complexity index is 1030. The molecule has 1 aromatic rings. The molecule has 0 radical (unpaired) electrons. The predicted octanol–water partition coefficient (Wildman–Crippen LogP) is 4.23. The van der Waals surface area contributed by atoms with Crippen LogP contribution in [0.5, 0.6) is 11.5 Å². The zero-order chi connectivity index (χ0) is 20.3. The van der Waals surface area contributed by atoms with Crippen LogP contribution in [0.4, 0.5) is 0 Å². The quantitative estimate of drug-likeness (QED) is 0.512. The van der Waals surface area contributed by atoms with E-state index in [4.69, 9.17) is 9.47 Å². The summed E-state index contributed by atoms with van der Waals surface area (Å²) < 4.78 is 12.3. The molecule has 5 nitrogen and oxygen atoms in total. The molecule has 1 saturated carbocycles. The number of ether oxygens (including phenoxy) is 2. The Labute approximate surface area is 169 Å². The minimum Gasteiger partial charge on any atom is -0.508 e. The van der Waals surface area contributed by atoms with Gasteiger partial charge in [0.15, 0.2) is 5.60 Å². The lowest BCUT2D eigenvalue weighted by Gasteiger charge is -2.46. The number of phenolic OH excluding ortho intramolecular Hbond substituents is 1. The second-order valence-electron chi connectivity index (χ2n) is 7.93. The van der Waals surface area contributed by atoms with Gasteiger partial charge in [0, 0.05) is 11.6 Å². The number of carbonyl (C=O) groups is 1. The van der Waals surface area contributed by atoms with Gasteiger partial charge in [-0.1, -0.05) is 18.2 Å². The molecule has 0 bridgehead atoms. The molecule has 0 aromatic heterocycles. The van der Waals surface area contributed by atoms with Crippen LogP contribution in [-0.4, -0.2) is 22.3 Å². The van der Waals surface area contributed by atoms with E-state index in [0.717, 1.165) is 24.0 Å². The minimum atomic E-state index is -0.958. The number of allylic oxidation sites excluding steroid dienone is 2. The van der Waals surface area contributed by atoms with E-state index in [1.165, 1.54) is 0 Å². The second kappa shape index (κ2) is 6.14. The number of aromatic hydroxyl groups is 1.